The lowest BCUT2D eigenvalue weighted by Crippen LogP contribution is -2.16. The quantitative estimate of drug-likeness (QED) is 0.450. The SMILES string of the molecule is C[Si](C)(C)C#Cc1cc(C(F)(F)F)cc(C#N)c1N. The highest BCUT2D eigenvalue weighted by molar-refractivity contribution is 6.83. The summed E-state index contributed by atoms with van der Waals surface area (Å²) in [6, 6.07) is 3.30. The Balaban J connectivity index is 3.47. The van der Waals surface area contributed by atoms with Crippen LogP contribution in [-0.2, 0) is 6.18 Å². The third-order valence-corrected chi connectivity index (χ3v) is 3.07. The first kappa shape index (κ1) is 15.1. The predicted molar refractivity (Wildman–Crippen MR) is 70.8 cm³/mol. The van der Waals surface area contributed by atoms with E-state index in [0.717, 1.165) is 12.1 Å². The number of nitrogens with two attached hydrogens (primary N) is 1. The van der Waals surface area contributed by atoms with Crippen molar-refractivity contribution in [3.8, 4) is 17.5 Å². The Bertz CT molecular complexity index is 596. The molecule has 0 fully saturated rings. The largest absolute Gasteiger partial charge is 0.416 e. The van der Waals surface area contributed by atoms with E-state index in [9.17, 15) is 13.2 Å². The molecule has 0 amide bonds. The minimum atomic E-state index is -4.52. The average molecular weight is 282 g/mol. The maximum Gasteiger partial charge on any atom is 0.416 e. The van der Waals surface area contributed by atoms with Crippen LogP contribution in [0.15, 0.2) is 12.1 Å². The van der Waals surface area contributed by atoms with Crippen molar-refractivity contribution >= 4 is 13.8 Å². The monoisotopic (exact) mass is 282 g/mol. The van der Waals surface area contributed by atoms with Gasteiger partial charge in [0.2, 0.25) is 0 Å². The average Bonchev–Trinajstić information content (AvgIpc) is 2.25. The van der Waals surface area contributed by atoms with E-state index in [1.807, 2.05) is 19.6 Å². The highest BCUT2D eigenvalue weighted by atomic mass is 28.3. The van der Waals surface area contributed by atoms with Crippen molar-refractivity contribution in [1.82, 2.24) is 0 Å². The van der Waals surface area contributed by atoms with E-state index in [-0.39, 0.29) is 16.8 Å². The number of benzene rings is 1. The fraction of sp³-hybridized carbons (Fsp3) is 0.308. The van der Waals surface area contributed by atoms with Gasteiger partial charge in [0, 0.05) is 5.56 Å². The van der Waals surface area contributed by atoms with Crippen molar-refractivity contribution < 1.29 is 13.2 Å². The number of halogens is 3. The molecule has 1 aromatic carbocycles. The molecular weight excluding hydrogens is 269 g/mol. The molecule has 0 atom stereocenters. The zero-order valence-corrected chi connectivity index (χ0v) is 11.8. The van der Waals surface area contributed by atoms with Crippen molar-refractivity contribution in [3.63, 3.8) is 0 Å². The topological polar surface area (TPSA) is 49.8 Å². The maximum atomic E-state index is 12.7. The summed E-state index contributed by atoms with van der Waals surface area (Å²) >= 11 is 0. The minimum Gasteiger partial charge on any atom is -0.397 e. The van der Waals surface area contributed by atoms with Gasteiger partial charge in [-0.15, -0.1) is 5.54 Å². The second kappa shape index (κ2) is 4.98. The van der Waals surface area contributed by atoms with Gasteiger partial charge < -0.3 is 5.73 Å². The molecule has 6 heteroatoms. The van der Waals surface area contributed by atoms with Crippen molar-refractivity contribution in [2.24, 2.45) is 0 Å². The van der Waals surface area contributed by atoms with Crippen LogP contribution < -0.4 is 5.73 Å². The molecule has 1 rings (SSSR count). The summed E-state index contributed by atoms with van der Waals surface area (Å²) in [6.45, 7) is 5.90. The molecule has 0 saturated carbocycles. The third-order valence-electron chi connectivity index (χ3n) is 2.20. The lowest BCUT2D eigenvalue weighted by molar-refractivity contribution is -0.137. The van der Waals surface area contributed by atoms with E-state index in [2.05, 4.69) is 11.5 Å². The second-order valence-electron chi connectivity index (χ2n) is 5.09. The number of alkyl halides is 3. The first-order valence-electron chi connectivity index (χ1n) is 5.48. The van der Waals surface area contributed by atoms with Crippen molar-refractivity contribution in [3.05, 3.63) is 28.8 Å². The molecule has 0 spiro atoms. The molecule has 0 saturated heterocycles. The Morgan fingerprint density at radius 1 is 1.16 bits per heavy atom. The standard InChI is InChI=1S/C13H13F3N2Si/c1-19(2,3)5-4-9-6-11(13(14,15)16)7-10(8-17)12(9)18/h6-7H,18H2,1-3H3. The molecule has 0 aliphatic rings. The van der Waals surface area contributed by atoms with Gasteiger partial charge in [-0.2, -0.15) is 18.4 Å². The molecule has 2 nitrogen and oxygen atoms in total. The van der Waals surface area contributed by atoms with Gasteiger partial charge in [0.05, 0.1) is 16.8 Å². The number of nitriles is 1. The van der Waals surface area contributed by atoms with Gasteiger partial charge >= 0.3 is 6.18 Å². The predicted octanol–water partition coefficient (Wildman–Crippen LogP) is 3.39. The van der Waals surface area contributed by atoms with Crippen LogP contribution in [0.1, 0.15) is 16.7 Å². The van der Waals surface area contributed by atoms with Gasteiger partial charge in [-0.1, -0.05) is 25.6 Å². The van der Waals surface area contributed by atoms with Gasteiger partial charge in [0.1, 0.15) is 14.1 Å². The first-order valence-corrected chi connectivity index (χ1v) is 8.98. The molecule has 0 aliphatic carbocycles. The molecule has 1 aromatic rings. The maximum absolute atomic E-state index is 12.7. The molecule has 100 valence electrons. The normalized spacial score (nSPS) is 11.4. The Kier molecular flexibility index (Phi) is 3.97. The van der Waals surface area contributed by atoms with Crippen molar-refractivity contribution in [2.75, 3.05) is 5.73 Å². The van der Waals surface area contributed by atoms with E-state index in [1.165, 1.54) is 0 Å². The summed E-state index contributed by atoms with van der Waals surface area (Å²) in [5, 5.41) is 8.82. The van der Waals surface area contributed by atoms with Crippen LogP contribution in [0, 0.1) is 22.8 Å². The second-order valence-corrected chi connectivity index (χ2v) is 9.84. The summed E-state index contributed by atoms with van der Waals surface area (Å²) in [5.41, 5.74) is 7.56. The Hall–Kier alpha value is -1.92. The number of hydrogen-bond donors (Lipinski definition) is 1. The van der Waals surface area contributed by atoms with Crippen LogP contribution in [0.3, 0.4) is 0 Å². The molecule has 0 aliphatic heterocycles. The van der Waals surface area contributed by atoms with Crippen molar-refractivity contribution in [2.45, 2.75) is 25.8 Å². The van der Waals surface area contributed by atoms with E-state index in [0.29, 0.717) is 0 Å². The fourth-order valence-electron chi connectivity index (χ4n) is 1.27. The minimum absolute atomic E-state index is 0.00116. The van der Waals surface area contributed by atoms with Crippen LogP contribution in [-0.4, -0.2) is 8.07 Å². The summed E-state index contributed by atoms with van der Waals surface area (Å²) < 4.78 is 38.1. The molecule has 0 bridgehead atoms. The number of nitrogen functional groups attached to an aromatic ring is 1. The first-order chi connectivity index (χ1) is 8.54. The zero-order chi connectivity index (χ0) is 14.8. The number of anilines is 1. The third kappa shape index (κ3) is 4.04. The molecule has 0 unspecified atom stereocenters. The number of rotatable bonds is 0. The van der Waals surface area contributed by atoms with Gasteiger partial charge in [0.15, 0.2) is 0 Å². The van der Waals surface area contributed by atoms with E-state index >= 15 is 0 Å². The molecule has 19 heavy (non-hydrogen) atoms. The highest BCUT2D eigenvalue weighted by Gasteiger charge is 2.32. The van der Waals surface area contributed by atoms with E-state index in [4.69, 9.17) is 11.0 Å². The van der Waals surface area contributed by atoms with Gasteiger partial charge in [0.25, 0.3) is 0 Å². The van der Waals surface area contributed by atoms with Crippen LogP contribution in [0.4, 0.5) is 18.9 Å². The van der Waals surface area contributed by atoms with Crippen LogP contribution in [0.2, 0.25) is 19.6 Å². The van der Waals surface area contributed by atoms with E-state index < -0.39 is 19.8 Å². The fourth-order valence-corrected chi connectivity index (χ4v) is 1.78. The Morgan fingerprint density at radius 2 is 1.68 bits per heavy atom. The van der Waals surface area contributed by atoms with E-state index in [1.54, 1.807) is 6.07 Å². The Morgan fingerprint density at radius 3 is 2.11 bits per heavy atom. The van der Waals surface area contributed by atoms with Crippen LogP contribution >= 0.6 is 0 Å². The summed E-state index contributed by atoms with van der Waals surface area (Å²) in [7, 11) is -1.73. The van der Waals surface area contributed by atoms with Crippen molar-refractivity contribution in [1.29, 1.82) is 5.26 Å². The van der Waals surface area contributed by atoms with Crippen LogP contribution in [0.25, 0.3) is 0 Å². The summed E-state index contributed by atoms with van der Waals surface area (Å²) in [4.78, 5) is 0. The molecule has 2 N–H and O–H groups in total. The molecule has 0 heterocycles. The van der Waals surface area contributed by atoms with Gasteiger partial charge in [-0.05, 0) is 12.1 Å². The zero-order valence-electron chi connectivity index (χ0n) is 10.8. The van der Waals surface area contributed by atoms with Crippen LogP contribution in [0.5, 0.6) is 0 Å². The summed E-state index contributed by atoms with van der Waals surface area (Å²) in [6.07, 6.45) is -4.52. The lowest BCUT2D eigenvalue weighted by atomic mass is 10.0. The lowest BCUT2D eigenvalue weighted by Gasteiger charge is -2.10. The smallest absolute Gasteiger partial charge is 0.397 e. The molecule has 0 aromatic heterocycles. The number of nitrogens with zero attached hydrogens (tertiary/aromatic N) is 1. The van der Waals surface area contributed by atoms with Gasteiger partial charge in [-0.25, -0.2) is 0 Å². The molecule has 0 radical (unpaired) electrons. The Labute approximate surface area is 111 Å². The molecular formula is C13H13F3N2Si. The summed E-state index contributed by atoms with van der Waals surface area (Å²) in [5.74, 6) is 2.68. The van der Waals surface area contributed by atoms with Gasteiger partial charge in [-0.3, -0.25) is 0 Å². The highest BCUT2D eigenvalue weighted by Crippen LogP contribution is 2.32. The number of hydrogen-bond acceptors (Lipinski definition) is 2.